The summed E-state index contributed by atoms with van der Waals surface area (Å²) >= 11 is 0. The van der Waals surface area contributed by atoms with Crippen molar-refractivity contribution >= 4 is 0 Å². The van der Waals surface area contributed by atoms with E-state index >= 15 is 0 Å². The molecule has 0 saturated heterocycles. The van der Waals surface area contributed by atoms with Crippen molar-refractivity contribution in [1.29, 1.82) is 0 Å². The van der Waals surface area contributed by atoms with Gasteiger partial charge in [-0.2, -0.15) is 0 Å². The van der Waals surface area contributed by atoms with E-state index in [2.05, 4.69) is 39.0 Å². The number of nitrogens with two attached hydrogens (primary N) is 1. The quantitative estimate of drug-likeness (QED) is 0.717. The number of aryl methyl sites for hydroxylation is 1. The highest BCUT2D eigenvalue weighted by molar-refractivity contribution is 5.39. The Morgan fingerprint density at radius 2 is 2.00 bits per heavy atom. The van der Waals surface area contributed by atoms with Crippen LogP contribution in [0, 0.1) is 6.92 Å². The van der Waals surface area contributed by atoms with Gasteiger partial charge >= 0.3 is 0 Å². The topological polar surface area (TPSA) is 55.5 Å². The third-order valence-electron chi connectivity index (χ3n) is 3.60. The lowest BCUT2D eigenvalue weighted by Crippen LogP contribution is -2.33. The Morgan fingerprint density at radius 3 is 2.60 bits per heavy atom. The first kappa shape index (κ1) is 17.0. The number of hydrogen-bond donors (Lipinski definition) is 2. The summed E-state index contributed by atoms with van der Waals surface area (Å²) in [6.45, 7) is 9.21. The summed E-state index contributed by atoms with van der Waals surface area (Å²) in [5.74, 6) is 1.45. The first-order valence-corrected chi connectivity index (χ1v) is 7.51. The van der Waals surface area contributed by atoms with Crippen LogP contribution in [0.4, 0.5) is 0 Å². The van der Waals surface area contributed by atoms with Crippen LogP contribution >= 0.6 is 0 Å². The fraction of sp³-hybridized carbons (Fsp3) is 0.647. The van der Waals surface area contributed by atoms with Crippen molar-refractivity contribution < 1.29 is 9.84 Å². The molecule has 0 bridgehead atoms. The molecule has 20 heavy (non-hydrogen) atoms. The molecule has 0 aliphatic rings. The van der Waals surface area contributed by atoms with E-state index in [9.17, 15) is 5.11 Å². The Bertz CT molecular complexity index is 413. The van der Waals surface area contributed by atoms with Crippen molar-refractivity contribution in [3.05, 3.63) is 29.3 Å². The largest absolute Gasteiger partial charge is 0.493 e. The first-order chi connectivity index (χ1) is 9.35. The molecule has 0 amide bonds. The molecule has 0 spiro atoms. The lowest BCUT2D eigenvalue weighted by molar-refractivity contribution is 0.0562. The predicted octanol–water partition coefficient (Wildman–Crippen LogP) is 3.38. The molecule has 1 unspecified atom stereocenters. The zero-order valence-electron chi connectivity index (χ0n) is 13.3. The van der Waals surface area contributed by atoms with E-state index in [4.69, 9.17) is 10.5 Å². The molecule has 0 heterocycles. The van der Waals surface area contributed by atoms with E-state index < -0.39 is 5.60 Å². The van der Waals surface area contributed by atoms with Gasteiger partial charge in [0.05, 0.1) is 12.2 Å². The van der Waals surface area contributed by atoms with Crippen LogP contribution in [0.5, 0.6) is 5.75 Å². The van der Waals surface area contributed by atoms with E-state index in [0.29, 0.717) is 19.1 Å². The second kappa shape index (κ2) is 7.65. The molecule has 3 nitrogen and oxygen atoms in total. The maximum absolute atomic E-state index is 9.83. The Kier molecular flexibility index (Phi) is 6.50. The van der Waals surface area contributed by atoms with E-state index in [1.165, 1.54) is 11.1 Å². The summed E-state index contributed by atoms with van der Waals surface area (Å²) in [6, 6.07) is 6.38. The van der Waals surface area contributed by atoms with Gasteiger partial charge in [-0.15, -0.1) is 0 Å². The van der Waals surface area contributed by atoms with Crippen LogP contribution in [0.3, 0.4) is 0 Å². The van der Waals surface area contributed by atoms with E-state index in [-0.39, 0.29) is 0 Å². The van der Waals surface area contributed by atoms with Crippen molar-refractivity contribution in [3.63, 3.8) is 0 Å². The smallest absolute Gasteiger partial charge is 0.122 e. The zero-order valence-corrected chi connectivity index (χ0v) is 13.3. The standard InChI is InChI=1S/C17H29NO2/c1-13(2)15-8-7-14(3)11-16(15)20-10-6-5-9-17(4,19)12-18/h7-8,11,13,19H,5-6,9-10,12,18H2,1-4H3. The summed E-state index contributed by atoms with van der Waals surface area (Å²) in [5.41, 5.74) is 7.23. The molecule has 1 aromatic rings. The molecule has 114 valence electrons. The summed E-state index contributed by atoms with van der Waals surface area (Å²) in [4.78, 5) is 0. The van der Waals surface area contributed by atoms with Crippen molar-refractivity contribution in [3.8, 4) is 5.75 Å². The first-order valence-electron chi connectivity index (χ1n) is 7.51. The number of ether oxygens (including phenoxy) is 1. The van der Waals surface area contributed by atoms with Gasteiger partial charge in [0, 0.05) is 6.54 Å². The molecule has 1 aromatic carbocycles. The van der Waals surface area contributed by atoms with Gasteiger partial charge in [0.2, 0.25) is 0 Å². The highest BCUT2D eigenvalue weighted by Crippen LogP contribution is 2.27. The summed E-state index contributed by atoms with van der Waals surface area (Å²) in [6.07, 6.45) is 2.58. The molecule has 3 N–H and O–H groups in total. The average Bonchev–Trinajstić information content (AvgIpc) is 2.38. The third-order valence-corrected chi connectivity index (χ3v) is 3.60. The van der Waals surface area contributed by atoms with E-state index in [1.807, 2.05) is 0 Å². The number of aliphatic hydroxyl groups is 1. The van der Waals surface area contributed by atoms with Crippen molar-refractivity contribution in [1.82, 2.24) is 0 Å². The number of unbranched alkanes of at least 4 members (excludes halogenated alkanes) is 1. The van der Waals surface area contributed by atoms with Gasteiger partial charge in [-0.1, -0.05) is 26.0 Å². The summed E-state index contributed by atoms with van der Waals surface area (Å²) in [5, 5.41) is 9.83. The van der Waals surface area contributed by atoms with Crippen LogP contribution in [-0.2, 0) is 0 Å². The second-order valence-corrected chi connectivity index (χ2v) is 6.20. The molecule has 1 rings (SSSR count). The van der Waals surface area contributed by atoms with Gasteiger partial charge in [-0.05, 0) is 56.2 Å². The SMILES string of the molecule is Cc1ccc(C(C)C)c(OCCCCC(C)(O)CN)c1. The highest BCUT2D eigenvalue weighted by atomic mass is 16.5. The van der Waals surface area contributed by atoms with E-state index in [0.717, 1.165) is 25.0 Å². The molecule has 3 heteroatoms. The van der Waals surface area contributed by atoms with Gasteiger partial charge in [-0.25, -0.2) is 0 Å². The van der Waals surface area contributed by atoms with Crippen LogP contribution < -0.4 is 10.5 Å². The van der Waals surface area contributed by atoms with Gasteiger partial charge in [0.15, 0.2) is 0 Å². The molecule has 0 aliphatic carbocycles. The second-order valence-electron chi connectivity index (χ2n) is 6.20. The number of hydrogen-bond acceptors (Lipinski definition) is 3. The zero-order chi connectivity index (χ0) is 15.2. The maximum Gasteiger partial charge on any atom is 0.122 e. The Morgan fingerprint density at radius 1 is 1.30 bits per heavy atom. The van der Waals surface area contributed by atoms with Crippen LogP contribution in [0.2, 0.25) is 0 Å². The highest BCUT2D eigenvalue weighted by Gasteiger charge is 2.16. The lowest BCUT2D eigenvalue weighted by Gasteiger charge is -2.20. The van der Waals surface area contributed by atoms with Gasteiger partial charge in [0.25, 0.3) is 0 Å². The third kappa shape index (κ3) is 5.51. The van der Waals surface area contributed by atoms with Crippen molar-refractivity contribution in [2.75, 3.05) is 13.2 Å². The number of benzene rings is 1. The Labute approximate surface area is 123 Å². The molecular formula is C17H29NO2. The fourth-order valence-electron chi connectivity index (χ4n) is 2.14. The molecule has 0 fully saturated rings. The van der Waals surface area contributed by atoms with Crippen LogP contribution in [0.15, 0.2) is 18.2 Å². The van der Waals surface area contributed by atoms with Gasteiger partial charge < -0.3 is 15.6 Å². The van der Waals surface area contributed by atoms with Crippen LogP contribution in [0.1, 0.15) is 57.1 Å². The maximum atomic E-state index is 9.83. The monoisotopic (exact) mass is 279 g/mol. The molecule has 0 saturated carbocycles. The van der Waals surface area contributed by atoms with Gasteiger partial charge in [-0.3, -0.25) is 0 Å². The Balaban J connectivity index is 2.44. The lowest BCUT2D eigenvalue weighted by atomic mass is 9.99. The summed E-state index contributed by atoms with van der Waals surface area (Å²) < 4.78 is 5.91. The Hall–Kier alpha value is -1.06. The van der Waals surface area contributed by atoms with Crippen molar-refractivity contribution in [2.24, 2.45) is 5.73 Å². The minimum atomic E-state index is -0.744. The minimum absolute atomic E-state index is 0.309. The van der Waals surface area contributed by atoms with Crippen LogP contribution in [-0.4, -0.2) is 23.9 Å². The molecular weight excluding hydrogens is 250 g/mol. The van der Waals surface area contributed by atoms with Crippen molar-refractivity contribution in [2.45, 2.75) is 58.5 Å². The normalized spacial score (nSPS) is 14.3. The van der Waals surface area contributed by atoms with Gasteiger partial charge in [0.1, 0.15) is 5.75 Å². The summed E-state index contributed by atoms with van der Waals surface area (Å²) in [7, 11) is 0. The molecule has 1 atom stereocenters. The molecule has 0 aliphatic heterocycles. The minimum Gasteiger partial charge on any atom is -0.493 e. The molecule has 0 aromatic heterocycles. The predicted molar refractivity (Wildman–Crippen MR) is 84.3 cm³/mol. The average molecular weight is 279 g/mol. The molecule has 0 radical (unpaired) electrons. The van der Waals surface area contributed by atoms with Crippen LogP contribution in [0.25, 0.3) is 0 Å². The number of rotatable bonds is 8. The van der Waals surface area contributed by atoms with E-state index in [1.54, 1.807) is 6.92 Å². The fourth-order valence-corrected chi connectivity index (χ4v) is 2.14.